The maximum Gasteiger partial charge on any atom is 0.228 e. The second-order valence-electron chi connectivity index (χ2n) is 6.93. The second-order valence-corrected chi connectivity index (χ2v) is 7.37. The van der Waals surface area contributed by atoms with E-state index in [0.717, 1.165) is 25.7 Å². The molecule has 0 atom stereocenters. The van der Waals surface area contributed by atoms with Crippen LogP contribution in [0.5, 0.6) is 0 Å². The smallest absolute Gasteiger partial charge is 0.228 e. The fraction of sp³-hybridized carbons (Fsp3) is 0.667. The Hall–Kier alpha value is -1.43. The normalized spacial score (nSPS) is 22.8. The minimum absolute atomic E-state index is 0.0316. The third-order valence-corrected chi connectivity index (χ3v) is 4.70. The molecule has 0 unspecified atom stereocenters. The molecule has 21 heavy (non-hydrogen) atoms. The number of nitrogens with zero attached hydrogens (tertiary/aromatic N) is 1. The number of aromatic amines is 1. The summed E-state index contributed by atoms with van der Waals surface area (Å²) in [6, 6.07) is 0. The van der Waals surface area contributed by atoms with Crippen LogP contribution in [0.1, 0.15) is 52.0 Å². The maximum atomic E-state index is 12.4. The predicted molar refractivity (Wildman–Crippen MR) is 88.0 cm³/mol. The third kappa shape index (κ3) is 3.81. The van der Waals surface area contributed by atoms with Crippen molar-refractivity contribution in [2.24, 2.45) is 23.0 Å². The zero-order valence-corrected chi connectivity index (χ0v) is 13.7. The van der Waals surface area contributed by atoms with Crippen molar-refractivity contribution in [3.8, 4) is 0 Å². The number of nitrogens with one attached hydrogen (secondary N) is 2. The van der Waals surface area contributed by atoms with Crippen molar-refractivity contribution in [3.05, 3.63) is 11.8 Å². The molecule has 0 aromatic carbocycles. The van der Waals surface area contributed by atoms with Gasteiger partial charge >= 0.3 is 0 Å². The Morgan fingerprint density at radius 3 is 2.52 bits per heavy atom. The summed E-state index contributed by atoms with van der Waals surface area (Å²) in [7, 11) is 0. The van der Waals surface area contributed by atoms with Gasteiger partial charge in [0, 0.05) is 5.92 Å². The van der Waals surface area contributed by atoms with Crippen LogP contribution in [-0.2, 0) is 4.79 Å². The van der Waals surface area contributed by atoms with Crippen LogP contribution in [0, 0.1) is 17.3 Å². The molecule has 2 rings (SSSR count). The Kier molecular flexibility index (Phi) is 4.66. The van der Waals surface area contributed by atoms with Gasteiger partial charge in [0.1, 0.15) is 10.8 Å². The lowest BCUT2D eigenvalue weighted by Crippen LogP contribution is -2.32. The van der Waals surface area contributed by atoms with Gasteiger partial charge in [-0.25, -0.2) is 0 Å². The van der Waals surface area contributed by atoms with Crippen molar-refractivity contribution in [3.63, 3.8) is 0 Å². The highest BCUT2D eigenvalue weighted by atomic mass is 32.1. The number of rotatable bonds is 3. The minimum atomic E-state index is 0.0316. The molecule has 0 spiro atoms. The first-order valence-electron chi connectivity index (χ1n) is 7.43. The average molecular weight is 308 g/mol. The van der Waals surface area contributed by atoms with Gasteiger partial charge in [-0.3, -0.25) is 9.89 Å². The summed E-state index contributed by atoms with van der Waals surface area (Å²) in [6.07, 6.45) is 5.61. The molecule has 0 aliphatic heterocycles. The van der Waals surface area contributed by atoms with Crippen molar-refractivity contribution in [2.75, 3.05) is 5.32 Å². The lowest BCUT2D eigenvalue weighted by Gasteiger charge is -2.36. The van der Waals surface area contributed by atoms with Crippen LogP contribution in [0.3, 0.4) is 0 Å². The molecular formula is C15H24N4OS. The number of thiocarbonyl (C=S) groups is 1. The van der Waals surface area contributed by atoms with Crippen LogP contribution in [0.4, 0.5) is 5.82 Å². The molecule has 5 nitrogen and oxygen atoms in total. The molecule has 1 aromatic heterocycles. The van der Waals surface area contributed by atoms with Crippen LogP contribution < -0.4 is 11.1 Å². The molecule has 1 fully saturated rings. The van der Waals surface area contributed by atoms with E-state index in [2.05, 4.69) is 36.3 Å². The van der Waals surface area contributed by atoms with Gasteiger partial charge in [0.2, 0.25) is 5.91 Å². The molecule has 6 heteroatoms. The van der Waals surface area contributed by atoms with Gasteiger partial charge < -0.3 is 11.1 Å². The zero-order valence-electron chi connectivity index (χ0n) is 12.9. The van der Waals surface area contributed by atoms with Crippen molar-refractivity contribution in [1.29, 1.82) is 0 Å². The fourth-order valence-corrected chi connectivity index (χ4v) is 3.17. The third-order valence-electron chi connectivity index (χ3n) is 4.48. The number of H-pyrrole nitrogens is 1. The van der Waals surface area contributed by atoms with E-state index < -0.39 is 0 Å². The predicted octanol–water partition coefficient (Wildman–Crippen LogP) is 2.83. The number of aromatic nitrogens is 2. The summed E-state index contributed by atoms with van der Waals surface area (Å²) in [4.78, 5) is 12.6. The van der Waals surface area contributed by atoms with Crippen LogP contribution in [-0.4, -0.2) is 21.1 Å². The van der Waals surface area contributed by atoms with E-state index in [1.807, 2.05) is 0 Å². The van der Waals surface area contributed by atoms with Crippen LogP contribution in [0.25, 0.3) is 0 Å². The summed E-state index contributed by atoms with van der Waals surface area (Å²) >= 11 is 4.94. The van der Waals surface area contributed by atoms with Gasteiger partial charge in [-0.1, -0.05) is 33.0 Å². The summed E-state index contributed by atoms with van der Waals surface area (Å²) in [5.41, 5.74) is 6.51. The van der Waals surface area contributed by atoms with Gasteiger partial charge in [0.15, 0.2) is 0 Å². The molecule has 1 aromatic rings. The lowest BCUT2D eigenvalue weighted by atomic mass is 9.69. The van der Waals surface area contributed by atoms with Gasteiger partial charge in [-0.2, -0.15) is 5.10 Å². The first-order chi connectivity index (χ1) is 9.79. The van der Waals surface area contributed by atoms with Gasteiger partial charge in [0.25, 0.3) is 0 Å². The maximum absolute atomic E-state index is 12.4. The highest BCUT2D eigenvalue weighted by Crippen LogP contribution is 2.40. The molecule has 1 amide bonds. The van der Waals surface area contributed by atoms with E-state index in [4.69, 9.17) is 18.0 Å². The standard InChI is InChI=1S/C15H24N4OS/c1-15(2,3)10-6-4-9(5-7-10)14(20)18-13-11(12(16)21)8-17-19-13/h8-10H,4-7H2,1-3H3,(H2,16,21)(H2,17,18,19,20). The van der Waals surface area contributed by atoms with Crippen LogP contribution in [0.2, 0.25) is 0 Å². The molecule has 1 aliphatic rings. The molecular weight excluding hydrogens is 284 g/mol. The van der Waals surface area contributed by atoms with Crippen molar-refractivity contribution >= 4 is 28.9 Å². The minimum Gasteiger partial charge on any atom is -0.389 e. The number of anilines is 1. The van der Waals surface area contributed by atoms with Crippen molar-refractivity contribution in [2.45, 2.75) is 46.5 Å². The molecule has 116 valence electrons. The summed E-state index contributed by atoms with van der Waals surface area (Å²) in [5, 5.41) is 9.49. The zero-order chi connectivity index (χ0) is 15.6. The number of nitrogens with two attached hydrogens (primary N) is 1. The summed E-state index contributed by atoms with van der Waals surface area (Å²) in [5.74, 6) is 1.29. The molecule has 4 N–H and O–H groups in total. The molecule has 1 heterocycles. The average Bonchev–Trinajstić information content (AvgIpc) is 2.86. The highest BCUT2D eigenvalue weighted by molar-refractivity contribution is 7.80. The largest absolute Gasteiger partial charge is 0.389 e. The van der Waals surface area contributed by atoms with E-state index in [9.17, 15) is 4.79 Å². The first kappa shape index (κ1) is 15.9. The second kappa shape index (κ2) is 6.13. The molecule has 0 saturated heterocycles. The van der Waals surface area contributed by atoms with E-state index in [-0.39, 0.29) is 16.8 Å². The highest BCUT2D eigenvalue weighted by Gasteiger charge is 2.32. The van der Waals surface area contributed by atoms with E-state index in [1.165, 1.54) is 6.20 Å². The quantitative estimate of drug-likeness (QED) is 0.750. The van der Waals surface area contributed by atoms with E-state index in [1.54, 1.807) is 0 Å². The number of hydrogen-bond donors (Lipinski definition) is 3. The summed E-state index contributed by atoms with van der Waals surface area (Å²) in [6.45, 7) is 6.82. The molecule has 0 bridgehead atoms. The SMILES string of the molecule is CC(C)(C)C1CCC(C(=O)Nc2[nH]ncc2C(N)=S)CC1. The Labute approximate surface area is 131 Å². The Bertz CT molecular complexity index is 524. The van der Waals surface area contributed by atoms with Crippen LogP contribution >= 0.6 is 12.2 Å². The van der Waals surface area contributed by atoms with Crippen molar-refractivity contribution < 1.29 is 4.79 Å². The monoisotopic (exact) mass is 308 g/mol. The van der Waals surface area contributed by atoms with Gasteiger partial charge in [-0.05, 0) is 37.0 Å². The van der Waals surface area contributed by atoms with Crippen LogP contribution in [0.15, 0.2) is 6.20 Å². The Balaban J connectivity index is 1.94. The first-order valence-corrected chi connectivity index (χ1v) is 7.84. The van der Waals surface area contributed by atoms with E-state index in [0.29, 0.717) is 22.7 Å². The number of carbonyl (C=O) groups is 1. The Morgan fingerprint density at radius 1 is 1.38 bits per heavy atom. The fourth-order valence-electron chi connectivity index (χ4n) is 3.02. The molecule has 0 radical (unpaired) electrons. The summed E-state index contributed by atoms with van der Waals surface area (Å²) < 4.78 is 0. The molecule has 1 aliphatic carbocycles. The molecule has 1 saturated carbocycles. The topological polar surface area (TPSA) is 83.8 Å². The number of amides is 1. The van der Waals surface area contributed by atoms with E-state index >= 15 is 0 Å². The lowest BCUT2D eigenvalue weighted by molar-refractivity contribution is -0.121. The Morgan fingerprint density at radius 2 is 2.00 bits per heavy atom. The van der Waals surface area contributed by atoms with Gasteiger partial charge in [-0.15, -0.1) is 0 Å². The number of hydrogen-bond acceptors (Lipinski definition) is 3. The number of carbonyl (C=O) groups excluding carboxylic acids is 1. The van der Waals surface area contributed by atoms with Gasteiger partial charge in [0.05, 0.1) is 11.8 Å². The van der Waals surface area contributed by atoms with Crippen molar-refractivity contribution in [1.82, 2.24) is 10.2 Å².